The van der Waals surface area contributed by atoms with Crippen LogP contribution >= 0.6 is 11.3 Å². The lowest BCUT2D eigenvalue weighted by atomic mass is 10.1. The van der Waals surface area contributed by atoms with Crippen molar-refractivity contribution in [3.05, 3.63) is 16.6 Å². The maximum absolute atomic E-state index is 12.4. The van der Waals surface area contributed by atoms with Crippen molar-refractivity contribution in [2.75, 3.05) is 13.1 Å². The highest BCUT2D eigenvalue weighted by atomic mass is 32.1. The Morgan fingerprint density at radius 3 is 2.96 bits per heavy atom. The van der Waals surface area contributed by atoms with Gasteiger partial charge in [-0.3, -0.25) is 14.3 Å². The summed E-state index contributed by atoms with van der Waals surface area (Å²) in [6.45, 7) is 5.42. The summed E-state index contributed by atoms with van der Waals surface area (Å²) >= 11 is 1.39. The second-order valence-corrected chi connectivity index (χ2v) is 7.32. The van der Waals surface area contributed by atoms with Gasteiger partial charge in [0.05, 0.1) is 10.6 Å². The van der Waals surface area contributed by atoms with E-state index in [0.717, 1.165) is 41.8 Å². The molecule has 1 saturated heterocycles. The second-order valence-electron chi connectivity index (χ2n) is 6.29. The van der Waals surface area contributed by atoms with Crippen LogP contribution in [0.3, 0.4) is 0 Å². The molecule has 0 radical (unpaired) electrons. The van der Waals surface area contributed by atoms with Crippen LogP contribution in [0, 0.1) is 6.92 Å². The van der Waals surface area contributed by atoms with Crippen LogP contribution in [0.5, 0.6) is 0 Å². The summed E-state index contributed by atoms with van der Waals surface area (Å²) in [5, 5.41) is 14.3. The van der Waals surface area contributed by atoms with Gasteiger partial charge in [0.15, 0.2) is 0 Å². The lowest BCUT2D eigenvalue weighted by molar-refractivity contribution is -0.123. The van der Waals surface area contributed by atoms with E-state index in [0.29, 0.717) is 4.88 Å². The molecule has 1 aliphatic heterocycles. The number of rotatable bonds is 4. The number of carbonyl (C=O) groups excluding carboxylic acids is 2. The molecule has 3 rings (SSSR count). The molecular formula is C16H23N5O2S. The van der Waals surface area contributed by atoms with Gasteiger partial charge in [-0.15, -0.1) is 11.3 Å². The lowest BCUT2D eigenvalue weighted by Crippen LogP contribution is -2.52. The highest BCUT2D eigenvalue weighted by Gasteiger charge is 2.22. The number of carbonyl (C=O) groups is 2. The van der Waals surface area contributed by atoms with Crippen molar-refractivity contribution in [2.45, 2.75) is 38.8 Å². The molecule has 3 N–H and O–H groups in total. The van der Waals surface area contributed by atoms with Crippen molar-refractivity contribution in [3.63, 3.8) is 0 Å². The van der Waals surface area contributed by atoms with Crippen LogP contribution in [-0.4, -0.2) is 46.8 Å². The van der Waals surface area contributed by atoms with E-state index in [1.54, 1.807) is 11.6 Å². The molecule has 24 heavy (non-hydrogen) atoms. The number of amides is 2. The van der Waals surface area contributed by atoms with E-state index in [4.69, 9.17) is 0 Å². The largest absolute Gasteiger partial charge is 0.350 e. The number of nitrogens with zero attached hydrogens (tertiary/aromatic N) is 2. The lowest BCUT2D eigenvalue weighted by Gasteiger charge is -2.25. The normalized spacial score (nSPS) is 19.2. The SMILES string of the molecule is Cc1nn(C)c2sc(C(=O)NC(C)C(=O)N[C@H]3CCCNC3)cc12. The monoisotopic (exact) mass is 349 g/mol. The van der Waals surface area contributed by atoms with Crippen molar-refractivity contribution < 1.29 is 9.59 Å². The van der Waals surface area contributed by atoms with E-state index >= 15 is 0 Å². The Bertz CT molecular complexity index is 725. The number of nitrogens with one attached hydrogen (secondary N) is 3. The topological polar surface area (TPSA) is 88.0 Å². The molecule has 2 aromatic heterocycles. The number of piperidine rings is 1. The van der Waals surface area contributed by atoms with Crippen LogP contribution in [0.1, 0.15) is 35.1 Å². The summed E-state index contributed by atoms with van der Waals surface area (Å²) in [7, 11) is 1.86. The maximum Gasteiger partial charge on any atom is 0.262 e. The Morgan fingerprint density at radius 1 is 1.50 bits per heavy atom. The molecule has 2 amide bonds. The van der Waals surface area contributed by atoms with Crippen LogP contribution in [0.25, 0.3) is 10.2 Å². The van der Waals surface area contributed by atoms with Crippen LogP contribution in [0.2, 0.25) is 0 Å². The molecule has 2 atom stereocenters. The minimum absolute atomic E-state index is 0.142. The van der Waals surface area contributed by atoms with Crippen molar-refractivity contribution >= 4 is 33.4 Å². The number of hydrogen-bond acceptors (Lipinski definition) is 5. The standard InChI is InChI=1S/C16H23N5O2S/c1-9-12-7-13(24-16(12)21(3)20-9)15(23)18-10(2)14(22)19-11-5-4-6-17-8-11/h7,10-11,17H,4-6,8H2,1-3H3,(H,18,23)(H,19,22)/t10?,11-/m0/s1. The summed E-state index contributed by atoms with van der Waals surface area (Å²) in [6.07, 6.45) is 2.03. The molecule has 7 nitrogen and oxygen atoms in total. The second kappa shape index (κ2) is 6.90. The van der Waals surface area contributed by atoms with Crippen molar-refractivity contribution in [1.29, 1.82) is 0 Å². The van der Waals surface area contributed by atoms with E-state index < -0.39 is 6.04 Å². The first-order valence-electron chi connectivity index (χ1n) is 8.21. The van der Waals surface area contributed by atoms with Gasteiger partial charge in [-0.05, 0) is 39.3 Å². The van der Waals surface area contributed by atoms with E-state index in [9.17, 15) is 9.59 Å². The minimum Gasteiger partial charge on any atom is -0.350 e. The zero-order valence-corrected chi connectivity index (χ0v) is 15.0. The highest BCUT2D eigenvalue weighted by Crippen LogP contribution is 2.27. The number of fused-ring (bicyclic) bond motifs is 1. The third-order valence-corrected chi connectivity index (χ3v) is 5.50. The number of aryl methyl sites for hydroxylation is 2. The zero-order valence-electron chi connectivity index (χ0n) is 14.2. The summed E-state index contributed by atoms with van der Waals surface area (Å²) in [5.74, 6) is -0.365. The summed E-state index contributed by atoms with van der Waals surface area (Å²) in [5.41, 5.74) is 0.901. The molecule has 0 aliphatic carbocycles. The van der Waals surface area contributed by atoms with Gasteiger partial charge < -0.3 is 16.0 Å². The van der Waals surface area contributed by atoms with Crippen molar-refractivity contribution in [3.8, 4) is 0 Å². The van der Waals surface area contributed by atoms with Crippen molar-refractivity contribution in [1.82, 2.24) is 25.7 Å². The van der Waals surface area contributed by atoms with E-state index in [1.165, 1.54) is 11.3 Å². The van der Waals surface area contributed by atoms with Gasteiger partial charge in [-0.2, -0.15) is 5.10 Å². The Morgan fingerprint density at radius 2 is 2.29 bits per heavy atom. The van der Waals surface area contributed by atoms with Gasteiger partial charge in [0, 0.05) is 25.0 Å². The molecule has 1 unspecified atom stereocenters. The maximum atomic E-state index is 12.4. The molecule has 130 valence electrons. The molecule has 8 heteroatoms. The molecule has 0 aromatic carbocycles. The van der Waals surface area contributed by atoms with Crippen LogP contribution in [0.15, 0.2) is 6.07 Å². The molecule has 2 aromatic rings. The van der Waals surface area contributed by atoms with Crippen molar-refractivity contribution in [2.24, 2.45) is 7.05 Å². The van der Waals surface area contributed by atoms with Crippen LogP contribution in [0.4, 0.5) is 0 Å². The fourth-order valence-electron chi connectivity index (χ4n) is 2.95. The predicted octanol–water partition coefficient (Wildman–Crippen LogP) is 0.930. The molecule has 0 bridgehead atoms. The number of hydrogen-bond donors (Lipinski definition) is 3. The third-order valence-electron chi connectivity index (χ3n) is 4.30. The van der Waals surface area contributed by atoms with Gasteiger partial charge >= 0.3 is 0 Å². The first kappa shape index (κ1) is 16.9. The summed E-state index contributed by atoms with van der Waals surface area (Å²) < 4.78 is 1.78. The number of thiophene rings is 1. The van der Waals surface area contributed by atoms with Crippen LogP contribution in [-0.2, 0) is 11.8 Å². The average molecular weight is 349 g/mol. The van der Waals surface area contributed by atoms with E-state index in [2.05, 4.69) is 21.0 Å². The smallest absolute Gasteiger partial charge is 0.262 e. The quantitative estimate of drug-likeness (QED) is 0.766. The third kappa shape index (κ3) is 3.44. The molecule has 3 heterocycles. The Kier molecular flexibility index (Phi) is 4.86. The Labute approximate surface area is 144 Å². The minimum atomic E-state index is -0.566. The molecule has 1 aliphatic rings. The molecule has 1 fully saturated rings. The van der Waals surface area contributed by atoms with Gasteiger partial charge in [0.25, 0.3) is 5.91 Å². The summed E-state index contributed by atoms with van der Waals surface area (Å²) in [4.78, 5) is 26.2. The van der Waals surface area contributed by atoms with E-state index in [1.807, 2.05) is 20.0 Å². The van der Waals surface area contributed by atoms with Gasteiger partial charge in [0.1, 0.15) is 10.9 Å². The first-order valence-corrected chi connectivity index (χ1v) is 9.02. The zero-order chi connectivity index (χ0) is 17.3. The molecular weight excluding hydrogens is 326 g/mol. The van der Waals surface area contributed by atoms with Gasteiger partial charge in [0.2, 0.25) is 5.91 Å². The average Bonchev–Trinajstić information content (AvgIpc) is 3.10. The fraction of sp³-hybridized carbons (Fsp3) is 0.562. The predicted molar refractivity (Wildman–Crippen MR) is 94.3 cm³/mol. The van der Waals surface area contributed by atoms with Gasteiger partial charge in [-0.25, -0.2) is 0 Å². The fourth-order valence-corrected chi connectivity index (χ4v) is 3.98. The molecule has 0 spiro atoms. The highest BCUT2D eigenvalue weighted by molar-refractivity contribution is 7.20. The first-order chi connectivity index (χ1) is 11.5. The Hall–Kier alpha value is -1.93. The number of aromatic nitrogens is 2. The molecule has 0 saturated carbocycles. The van der Waals surface area contributed by atoms with Crippen LogP contribution < -0.4 is 16.0 Å². The van der Waals surface area contributed by atoms with E-state index in [-0.39, 0.29) is 17.9 Å². The Balaban J connectivity index is 1.62. The van der Waals surface area contributed by atoms with Gasteiger partial charge in [-0.1, -0.05) is 0 Å². The summed E-state index contributed by atoms with van der Waals surface area (Å²) in [6, 6.07) is 1.42.